The molecule has 1 aromatic heterocycles. The van der Waals surface area contributed by atoms with Crippen LogP contribution < -0.4 is 4.74 Å². The zero-order chi connectivity index (χ0) is 12.5. The first-order valence-electron chi connectivity index (χ1n) is 3.86. The molecule has 0 aliphatic heterocycles. The van der Waals surface area contributed by atoms with E-state index in [0.717, 1.165) is 7.11 Å². The fraction of sp³-hybridized carbons (Fsp3) is 0.375. The van der Waals surface area contributed by atoms with Crippen LogP contribution in [0.4, 0.5) is 22.0 Å². The minimum absolute atomic E-state index is 0.272. The molecule has 16 heavy (non-hydrogen) atoms. The predicted octanol–water partition coefficient (Wildman–Crippen LogP) is 3.81. The van der Waals surface area contributed by atoms with Gasteiger partial charge in [-0.15, -0.1) is 0 Å². The highest BCUT2D eigenvalue weighted by Gasteiger charge is 2.40. The number of ether oxygens (including phenoxy) is 1. The van der Waals surface area contributed by atoms with Crippen molar-refractivity contribution in [2.45, 2.75) is 12.6 Å². The van der Waals surface area contributed by atoms with Gasteiger partial charge in [-0.25, -0.2) is 13.8 Å². The number of pyridine rings is 1. The second-order valence-corrected chi connectivity index (χ2v) is 3.46. The number of methoxy groups -OCH3 is 1. The van der Waals surface area contributed by atoms with Crippen molar-refractivity contribution in [1.82, 2.24) is 4.98 Å². The molecular weight excluding hydrogens is 301 g/mol. The van der Waals surface area contributed by atoms with Gasteiger partial charge >= 0.3 is 6.18 Å². The standard InChI is InChI=1S/C8H5BrF5NO/c1-16-5-4(8(12,13)14)3(7(10)11)2-15-6(5)9/h2,7H,1H3. The number of alkyl halides is 5. The van der Waals surface area contributed by atoms with E-state index in [1.165, 1.54) is 0 Å². The van der Waals surface area contributed by atoms with Crippen LogP contribution in [0.15, 0.2) is 10.8 Å². The van der Waals surface area contributed by atoms with Crippen molar-refractivity contribution >= 4 is 15.9 Å². The normalized spacial score (nSPS) is 12.0. The Morgan fingerprint density at radius 2 is 1.94 bits per heavy atom. The minimum Gasteiger partial charge on any atom is -0.493 e. The summed E-state index contributed by atoms with van der Waals surface area (Å²) in [6.07, 6.45) is -7.73. The van der Waals surface area contributed by atoms with Gasteiger partial charge in [-0.2, -0.15) is 13.2 Å². The van der Waals surface area contributed by atoms with E-state index < -0.39 is 29.5 Å². The largest absolute Gasteiger partial charge is 0.493 e. The lowest BCUT2D eigenvalue weighted by Crippen LogP contribution is -2.13. The van der Waals surface area contributed by atoms with Crippen LogP contribution in [0.1, 0.15) is 17.6 Å². The van der Waals surface area contributed by atoms with E-state index in [1.54, 1.807) is 0 Å². The van der Waals surface area contributed by atoms with Crippen LogP contribution in [-0.2, 0) is 6.18 Å². The Morgan fingerprint density at radius 3 is 2.31 bits per heavy atom. The third-order valence-corrected chi connectivity index (χ3v) is 2.31. The van der Waals surface area contributed by atoms with Crippen LogP contribution in [-0.4, -0.2) is 12.1 Å². The summed E-state index contributed by atoms with van der Waals surface area (Å²) >= 11 is 2.70. The third kappa shape index (κ3) is 2.42. The highest BCUT2D eigenvalue weighted by atomic mass is 79.9. The molecule has 0 aromatic carbocycles. The first-order chi connectivity index (χ1) is 7.29. The van der Waals surface area contributed by atoms with E-state index in [4.69, 9.17) is 0 Å². The Morgan fingerprint density at radius 1 is 1.38 bits per heavy atom. The maximum atomic E-state index is 12.6. The average Bonchev–Trinajstić information content (AvgIpc) is 2.15. The Hall–Kier alpha value is -0.920. The van der Waals surface area contributed by atoms with Crippen molar-refractivity contribution in [3.63, 3.8) is 0 Å². The third-order valence-electron chi connectivity index (χ3n) is 1.74. The molecule has 0 spiro atoms. The van der Waals surface area contributed by atoms with Gasteiger partial charge in [0.25, 0.3) is 6.43 Å². The molecule has 8 heteroatoms. The molecule has 0 aliphatic carbocycles. The molecule has 0 saturated carbocycles. The molecule has 0 amide bonds. The van der Waals surface area contributed by atoms with Gasteiger partial charge in [0.05, 0.1) is 12.7 Å². The molecule has 0 radical (unpaired) electrons. The number of hydrogen-bond donors (Lipinski definition) is 0. The van der Waals surface area contributed by atoms with E-state index in [9.17, 15) is 22.0 Å². The molecule has 0 saturated heterocycles. The van der Waals surface area contributed by atoms with Crippen LogP contribution in [0, 0.1) is 0 Å². The van der Waals surface area contributed by atoms with Gasteiger partial charge in [-0.3, -0.25) is 0 Å². The number of aromatic nitrogens is 1. The maximum absolute atomic E-state index is 12.6. The highest BCUT2D eigenvalue weighted by molar-refractivity contribution is 9.10. The Labute approximate surface area is 95.6 Å². The van der Waals surface area contributed by atoms with Gasteiger partial charge in [-0.05, 0) is 15.9 Å². The van der Waals surface area contributed by atoms with Crippen LogP contribution in [0.3, 0.4) is 0 Å². The van der Waals surface area contributed by atoms with E-state index in [-0.39, 0.29) is 4.60 Å². The fourth-order valence-corrected chi connectivity index (χ4v) is 1.59. The topological polar surface area (TPSA) is 22.1 Å². The quantitative estimate of drug-likeness (QED) is 0.612. The Kier molecular flexibility index (Phi) is 3.72. The molecule has 1 rings (SSSR count). The lowest BCUT2D eigenvalue weighted by molar-refractivity contribution is -0.140. The molecule has 1 heterocycles. The molecular formula is C8H5BrF5NO. The van der Waals surface area contributed by atoms with Crippen molar-refractivity contribution < 1.29 is 26.7 Å². The SMILES string of the molecule is COc1c(Br)ncc(C(F)F)c1C(F)(F)F. The summed E-state index contributed by atoms with van der Waals surface area (Å²) in [6.45, 7) is 0. The fourth-order valence-electron chi connectivity index (χ4n) is 1.13. The Balaban J connectivity index is 3.54. The van der Waals surface area contributed by atoms with Gasteiger partial charge in [0.2, 0.25) is 0 Å². The zero-order valence-electron chi connectivity index (χ0n) is 7.78. The molecule has 90 valence electrons. The van der Waals surface area contributed by atoms with Crippen molar-refractivity contribution in [2.75, 3.05) is 7.11 Å². The van der Waals surface area contributed by atoms with E-state index in [0.29, 0.717) is 6.20 Å². The first kappa shape index (κ1) is 13.1. The lowest BCUT2D eigenvalue weighted by atomic mass is 10.1. The van der Waals surface area contributed by atoms with Crippen molar-refractivity contribution in [3.8, 4) is 5.75 Å². The smallest absolute Gasteiger partial charge is 0.420 e. The number of rotatable bonds is 2. The summed E-state index contributed by atoms with van der Waals surface area (Å²) in [5.41, 5.74) is -2.71. The van der Waals surface area contributed by atoms with Crippen molar-refractivity contribution in [1.29, 1.82) is 0 Å². The summed E-state index contributed by atoms with van der Waals surface area (Å²) in [5.74, 6) is -0.745. The number of nitrogens with zero attached hydrogens (tertiary/aromatic N) is 1. The van der Waals surface area contributed by atoms with E-state index in [2.05, 4.69) is 25.7 Å². The summed E-state index contributed by atoms with van der Waals surface area (Å²) in [4.78, 5) is 3.36. The summed E-state index contributed by atoms with van der Waals surface area (Å²) in [5, 5.41) is 0. The lowest BCUT2D eigenvalue weighted by Gasteiger charge is -2.16. The van der Waals surface area contributed by atoms with Crippen LogP contribution in [0.5, 0.6) is 5.75 Å². The zero-order valence-corrected chi connectivity index (χ0v) is 9.36. The summed E-state index contributed by atoms with van der Waals surface area (Å²) < 4.78 is 66.7. The molecule has 0 unspecified atom stereocenters. The Bertz CT molecular complexity index is 393. The average molecular weight is 306 g/mol. The van der Waals surface area contributed by atoms with Crippen molar-refractivity contribution in [2.24, 2.45) is 0 Å². The maximum Gasteiger partial charge on any atom is 0.420 e. The first-order valence-corrected chi connectivity index (χ1v) is 4.66. The second-order valence-electron chi connectivity index (χ2n) is 2.71. The second kappa shape index (κ2) is 4.52. The molecule has 0 N–H and O–H groups in total. The summed E-state index contributed by atoms with van der Waals surface area (Å²) in [6, 6.07) is 0. The molecule has 0 atom stereocenters. The van der Waals surface area contributed by atoms with Gasteiger partial charge in [0, 0.05) is 6.20 Å². The molecule has 0 aliphatic rings. The summed E-state index contributed by atoms with van der Waals surface area (Å²) in [7, 11) is 0.951. The molecule has 0 bridgehead atoms. The molecule has 2 nitrogen and oxygen atoms in total. The number of hydrogen-bond acceptors (Lipinski definition) is 2. The van der Waals surface area contributed by atoms with Gasteiger partial charge in [0.1, 0.15) is 10.2 Å². The minimum atomic E-state index is -4.93. The monoisotopic (exact) mass is 305 g/mol. The van der Waals surface area contributed by atoms with Crippen molar-refractivity contribution in [3.05, 3.63) is 21.9 Å². The molecule has 1 aromatic rings. The number of halogens is 6. The van der Waals surface area contributed by atoms with Gasteiger partial charge < -0.3 is 4.74 Å². The van der Waals surface area contributed by atoms with Gasteiger partial charge in [0.15, 0.2) is 5.75 Å². The van der Waals surface area contributed by atoms with E-state index in [1.807, 2.05) is 0 Å². The van der Waals surface area contributed by atoms with E-state index >= 15 is 0 Å². The predicted molar refractivity (Wildman–Crippen MR) is 48.4 cm³/mol. The van der Waals surface area contributed by atoms with Crippen LogP contribution >= 0.6 is 15.9 Å². The molecule has 0 fully saturated rings. The highest BCUT2D eigenvalue weighted by Crippen LogP contribution is 2.44. The van der Waals surface area contributed by atoms with Gasteiger partial charge in [-0.1, -0.05) is 0 Å². The van der Waals surface area contributed by atoms with Crippen LogP contribution in [0.25, 0.3) is 0 Å². The van der Waals surface area contributed by atoms with Crippen LogP contribution in [0.2, 0.25) is 0 Å².